The molecule has 1 aromatic heterocycles. The van der Waals surface area contributed by atoms with E-state index in [0.717, 1.165) is 26.2 Å². The van der Waals surface area contributed by atoms with Crippen molar-refractivity contribution in [3.8, 4) is 0 Å². The molecular weight excluding hydrogens is 432 g/mol. The van der Waals surface area contributed by atoms with Crippen molar-refractivity contribution in [1.29, 1.82) is 0 Å². The number of nitrogens with one attached hydrogen (secondary N) is 1. The quantitative estimate of drug-likeness (QED) is 0.581. The first-order valence-corrected chi connectivity index (χ1v) is 12.2. The maximum Gasteiger partial charge on any atom is 0.257 e. The highest BCUT2D eigenvalue weighted by Crippen LogP contribution is 2.44. The molecule has 2 aliphatic heterocycles. The molecule has 1 fully saturated rings. The van der Waals surface area contributed by atoms with E-state index >= 15 is 0 Å². The van der Waals surface area contributed by atoms with Crippen LogP contribution in [0.1, 0.15) is 56.8 Å². The fraction of sp³-hybridized carbons (Fsp3) is 0.520. The molecule has 3 amide bonds. The zero-order valence-corrected chi connectivity index (χ0v) is 20.3. The van der Waals surface area contributed by atoms with Crippen LogP contribution in [-0.4, -0.2) is 69.1 Å². The molecule has 0 spiro atoms. The van der Waals surface area contributed by atoms with Gasteiger partial charge >= 0.3 is 0 Å². The molecule has 0 saturated carbocycles. The van der Waals surface area contributed by atoms with Crippen molar-refractivity contribution in [1.82, 2.24) is 19.6 Å². The third-order valence-electron chi connectivity index (χ3n) is 6.99. The zero-order valence-electron chi connectivity index (χ0n) is 20.3. The second-order valence-electron chi connectivity index (χ2n) is 9.09. The first kappa shape index (κ1) is 23.9. The van der Waals surface area contributed by atoms with Crippen LogP contribution in [-0.2, 0) is 16.1 Å². The predicted molar refractivity (Wildman–Crippen MR) is 130 cm³/mol. The number of hydrogen-bond acceptors (Lipinski definition) is 5. The highest BCUT2D eigenvalue weighted by Gasteiger charge is 2.52. The average Bonchev–Trinajstić information content (AvgIpc) is 3.40. The molecule has 1 N–H and O–H groups in total. The molecule has 2 aliphatic rings. The lowest BCUT2D eigenvalue weighted by Crippen LogP contribution is -2.62. The van der Waals surface area contributed by atoms with Gasteiger partial charge in [0.25, 0.3) is 5.91 Å². The van der Waals surface area contributed by atoms with E-state index in [1.54, 1.807) is 22.1 Å². The van der Waals surface area contributed by atoms with Gasteiger partial charge in [-0.1, -0.05) is 26.0 Å². The van der Waals surface area contributed by atoms with Crippen molar-refractivity contribution in [2.75, 3.05) is 36.4 Å². The van der Waals surface area contributed by atoms with E-state index in [4.69, 9.17) is 0 Å². The summed E-state index contributed by atoms with van der Waals surface area (Å²) in [6.45, 7) is 10.3. The van der Waals surface area contributed by atoms with Gasteiger partial charge in [0.2, 0.25) is 11.8 Å². The molecule has 0 bridgehead atoms. The van der Waals surface area contributed by atoms with Crippen LogP contribution >= 0.6 is 0 Å². The zero-order chi connectivity index (χ0) is 24.3. The molecule has 3 heterocycles. The lowest BCUT2D eigenvalue weighted by molar-refractivity contribution is -0.118. The van der Waals surface area contributed by atoms with Gasteiger partial charge < -0.3 is 15.1 Å². The number of carbonyl (C=O) groups is 3. The largest absolute Gasteiger partial charge is 0.323 e. The summed E-state index contributed by atoms with van der Waals surface area (Å²) in [7, 11) is 0. The fourth-order valence-corrected chi connectivity index (χ4v) is 5.00. The number of fused-ring (bicyclic) bond motifs is 3. The number of amides is 3. The number of anilines is 2. The van der Waals surface area contributed by atoms with Crippen LogP contribution < -0.4 is 10.2 Å². The summed E-state index contributed by atoms with van der Waals surface area (Å²) >= 11 is 0. The molecule has 2 aromatic rings. The normalized spacial score (nSPS) is 19.5. The predicted octanol–water partition coefficient (Wildman–Crippen LogP) is 2.94. The molecule has 34 heavy (non-hydrogen) atoms. The second kappa shape index (κ2) is 9.97. The molecule has 0 aliphatic carbocycles. The van der Waals surface area contributed by atoms with Crippen LogP contribution in [0.4, 0.5) is 11.4 Å². The Morgan fingerprint density at radius 1 is 1.18 bits per heavy atom. The maximum absolute atomic E-state index is 13.3. The van der Waals surface area contributed by atoms with Crippen LogP contribution in [0.5, 0.6) is 0 Å². The Hall–Kier alpha value is -3.20. The van der Waals surface area contributed by atoms with Crippen molar-refractivity contribution in [3.63, 3.8) is 0 Å². The molecular formula is C25H34N6O3. The monoisotopic (exact) mass is 466 g/mol. The summed E-state index contributed by atoms with van der Waals surface area (Å²) in [6.07, 6.45) is 5.29. The van der Waals surface area contributed by atoms with Crippen molar-refractivity contribution < 1.29 is 14.4 Å². The molecule has 9 heteroatoms. The number of aromatic nitrogens is 2. The molecule has 4 rings (SSSR count). The number of hydrogen-bond donors (Lipinski definition) is 1. The fourth-order valence-electron chi connectivity index (χ4n) is 5.00. The lowest BCUT2D eigenvalue weighted by Gasteiger charge is -2.48. The van der Waals surface area contributed by atoms with Crippen molar-refractivity contribution in [2.24, 2.45) is 0 Å². The summed E-state index contributed by atoms with van der Waals surface area (Å²) in [4.78, 5) is 44.3. The highest BCUT2D eigenvalue weighted by atomic mass is 16.2. The van der Waals surface area contributed by atoms with Gasteiger partial charge in [0.05, 0.1) is 29.7 Å². The number of nitrogens with zero attached hydrogens (tertiary/aromatic N) is 5. The summed E-state index contributed by atoms with van der Waals surface area (Å²) in [5.74, 6) is -0.167. The molecule has 9 nitrogen and oxygen atoms in total. The first-order chi connectivity index (χ1) is 16.4. The maximum atomic E-state index is 13.3. The number of carbonyl (C=O) groups excluding carboxylic acids is 3. The standard InChI is InChI=1S/C25H34N6O3/c1-4-28(5-2)15-16-29-18-19(17-26-29)27-22(32)11-8-14-30-24(34)20-9-6-7-10-21(20)31-23(33)12-13-25(30,31)3/h6-7,9-10,17-18H,4-5,8,11-16H2,1-3H3,(H,27,32). The van der Waals surface area contributed by atoms with E-state index in [0.29, 0.717) is 42.7 Å². The van der Waals surface area contributed by atoms with E-state index in [1.807, 2.05) is 36.0 Å². The summed E-state index contributed by atoms with van der Waals surface area (Å²) < 4.78 is 1.84. The van der Waals surface area contributed by atoms with Gasteiger partial charge in [-0.2, -0.15) is 5.10 Å². The molecule has 0 radical (unpaired) electrons. The number of rotatable bonds is 10. The van der Waals surface area contributed by atoms with E-state index in [-0.39, 0.29) is 24.1 Å². The van der Waals surface area contributed by atoms with Crippen molar-refractivity contribution >= 4 is 29.1 Å². The molecule has 182 valence electrons. The summed E-state index contributed by atoms with van der Waals surface area (Å²) in [5.41, 5.74) is 1.21. The Labute approximate surface area is 200 Å². The Balaban J connectivity index is 1.33. The lowest BCUT2D eigenvalue weighted by atomic mass is 9.98. The van der Waals surface area contributed by atoms with Gasteiger partial charge in [-0.3, -0.25) is 24.0 Å². The minimum absolute atomic E-state index is 0.0307. The molecule has 1 atom stereocenters. The van der Waals surface area contributed by atoms with Crippen LogP contribution in [0.25, 0.3) is 0 Å². The number of benzene rings is 1. The topological polar surface area (TPSA) is 90.8 Å². The summed E-state index contributed by atoms with van der Waals surface area (Å²) in [6, 6.07) is 7.26. The van der Waals surface area contributed by atoms with Gasteiger partial charge in [-0.05, 0) is 45.0 Å². The van der Waals surface area contributed by atoms with Crippen LogP contribution in [0.2, 0.25) is 0 Å². The van der Waals surface area contributed by atoms with E-state index < -0.39 is 5.66 Å². The third-order valence-corrected chi connectivity index (χ3v) is 6.99. The van der Waals surface area contributed by atoms with Crippen LogP contribution in [0, 0.1) is 0 Å². The first-order valence-electron chi connectivity index (χ1n) is 12.2. The van der Waals surface area contributed by atoms with Crippen LogP contribution in [0.15, 0.2) is 36.7 Å². The van der Waals surface area contributed by atoms with E-state index in [9.17, 15) is 14.4 Å². The molecule has 1 saturated heterocycles. The highest BCUT2D eigenvalue weighted by molar-refractivity contribution is 6.10. The van der Waals surface area contributed by atoms with Gasteiger partial charge in [-0.15, -0.1) is 0 Å². The van der Waals surface area contributed by atoms with Crippen molar-refractivity contribution in [2.45, 2.75) is 58.7 Å². The van der Waals surface area contributed by atoms with E-state index in [1.165, 1.54) is 0 Å². The minimum Gasteiger partial charge on any atom is -0.323 e. The Kier molecular flexibility index (Phi) is 7.02. The van der Waals surface area contributed by atoms with Gasteiger partial charge in [-0.25, -0.2) is 0 Å². The van der Waals surface area contributed by atoms with Gasteiger partial charge in [0.1, 0.15) is 5.66 Å². The van der Waals surface area contributed by atoms with Gasteiger partial charge in [0.15, 0.2) is 0 Å². The van der Waals surface area contributed by atoms with Crippen molar-refractivity contribution in [3.05, 3.63) is 42.2 Å². The number of para-hydroxylation sites is 1. The number of likely N-dealkylation sites (N-methyl/N-ethyl adjacent to an activating group) is 1. The van der Waals surface area contributed by atoms with Crippen LogP contribution in [0.3, 0.4) is 0 Å². The molecule has 1 unspecified atom stereocenters. The SMILES string of the molecule is CCN(CC)CCn1cc(NC(=O)CCCN2C(=O)c3ccccc3N3C(=O)CCC23C)cn1. The molecule has 1 aromatic carbocycles. The Morgan fingerprint density at radius 2 is 1.94 bits per heavy atom. The second-order valence-corrected chi connectivity index (χ2v) is 9.09. The summed E-state index contributed by atoms with van der Waals surface area (Å²) in [5, 5.41) is 7.23. The Bertz CT molecular complexity index is 1060. The van der Waals surface area contributed by atoms with Gasteiger partial charge in [0, 0.05) is 32.1 Å². The third kappa shape index (κ3) is 4.57. The van der Waals surface area contributed by atoms with E-state index in [2.05, 4.69) is 29.2 Å². The Morgan fingerprint density at radius 3 is 2.71 bits per heavy atom. The minimum atomic E-state index is -0.689. The smallest absolute Gasteiger partial charge is 0.257 e. The average molecular weight is 467 g/mol.